The highest BCUT2D eigenvalue weighted by Gasteiger charge is 2.48. The lowest BCUT2D eigenvalue weighted by molar-refractivity contribution is -0.271. The second-order valence-electron chi connectivity index (χ2n) is 8.71. The number of aromatic hydroxyl groups is 1. The van der Waals surface area contributed by atoms with Gasteiger partial charge in [0.15, 0.2) is 6.10 Å². The number of ether oxygens (including phenoxy) is 2. The Labute approximate surface area is 198 Å². The zero-order valence-corrected chi connectivity index (χ0v) is 19.4. The minimum atomic E-state index is -1.90. The molecular weight excluding hydrogens is 448 g/mol. The first kappa shape index (κ1) is 27.8. The monoisotopic (exact) mass is 484 g/mol. The first-order chi connectivity index (χ1) is 16.2. The van der Waals surface area contributed by atoms with Gasteiger partial charge in [-0.05, 0) is 24.5 Å². The van der Waals surface area contributed by atoms with Gasteiger partial charge < -0.3 is 40.1 Å². The maximum Gasteiger partial charge on any atom is 0.339 e. The normalized spacial score (nSPS) is 24.6. The Morgan fingerprint density at radius 1 is 0.882 bits per heavy atom. The number of phenols is 1. The van der Waals surface area contributed by atoms with Crippen molar-refractivity contribution in [2.24, 2.45) is 0 Å². The fourth-order valence-electron chi connectivity index (χ4n) is 4.09. The van der Waals surface area contributed by atoms with Gasteiger partial charge >= 0.3 is 11.9 Å². The molecule has 1 saturated heterocycles. The van der Waals surface area contributed by atoms with Crippen LogP contribution in [0, 0.1) is 0 Å². The average Bonchev–Trinajstić information content (AvgIpc) is 2.77. The highest BCUT2D eigenvalue weighted by molar-refractivity contribution is 5.93. The molecule has 34 heavy (non-hydrogen) atoms. The van der Waals surface area contributed by atoms with Crippen molar-refractivity contribution in [1.29, 1.82) is 0 Å². The molecule has 1 aromatic rings. The Morgan fingerprint density at radius 3 is 2.03 bits per heavy atom. The predicted octanol–water partition coefficient (Wildman–Crippen LogP) is 2.43. The van der Waals surface area contributed by atoms with Crippen LogP contribution in [-0.4, -0.2) is 73.3 Å². The second-order valence-corrected chi connectivity index (χ2v) is 8.71. The number of aliphatic carboxylic acids is 1. The molecule has 1 aliphatic heterocycles. The summed E-state index contributed by atoms with van der Waals surface area (Å²) in [6, 6.07) is 2.35. The number of phenolic OH excluding ortho intramolecular Hbond substituents is 1. The van der Waals surface area contributed by atoms with E-state index in [1.165, 1.54) is 38.2 Å². The van der Waals surface area contributed by atoms with Crippen molar-refractivity contribution >= 4 is 11.9 Å². The van der Waals surface area contributed by atoms with E-state index in [1.54, 1.807) is 0 Å². The molecule has 0 aliphatic carbocycles. The zero-order valence-electron chi connectivity index (χ0n) is 19.4. The Hall–Kier alpha value is -2.40. The summed E-state index contributed by atoms with van der Waals surface area (Å²) in [7, 11) is 0. The third-order valence-corrected chi connectivity index (χ3v) is 5.99. The molecule has 0 bridgehead atoms. The van der Waals surface area contributed by atoms with Gasteiger partial charge in [0.1, 0.15) is 35.4 Å². The van der Waals surface area contributed by atoms with Gasteiger partial charge in [-0.1, -0.05) is 58.3 Å². The Kier molecular flexibility index (Phi) is 11.0. The molecule has 1 aliphatic rings. The van der Waals surface area contributed by atoms with Crippen LogP contribution in [0.4, 0.5) is 0 Å². The minimum absolute atomic E-state index is 0.249. The molecule has 5 atom stereocenters. The van der Waals surface area contributed by atoms with E-state index >= 15 is 0 Å². The van der Waals surface area contributed by atoms with Crippen LogP contribution >= 0.6 is 0 Å². The van der Waals surface area contributed by atoms with Crippen LogP contribution in [0.2, 0.25) is 0 Å². The summed E-state index contributed by atoms with van der Waals surface area (Å²) in [6.07, 6.45) is 0.864. The van der Waals surface area contributed by atoms with Crippen molar-refractivity contribution in [3.63, 3.8) is 0 Å². The largest absolute Gasteiger partial charge is 0.508 e. The lowest BCUT2D eigenvalue weighted by Crippen LogP contribution is -2.61. The van der Waals surface area contributed by atoms with Gasteiger partial charge in [0.05, 0.1) is 0 Å². The molecular formula is C24H36O10. The Morgan fingerprint density at radius 2 is 1.47 bits per heavy atom. The topological polar surface area (TPSA) is 174 Å². The summed E-state index contributed by atoms with van der Waals surface area (Å²) >= 11 is 0. The number of aliphatic hydroxyl groups is 3. The van der Waals surface area contributed by atoms with Crippen molar-refractivity contribution < 1.29 is 49.7 Å². The molecule has 1 aromatic carbocycles. The molecule has 0 aromatic heterocycles. The van der Waals surface area contributed by atoms with E-state index in [2.05, 4.69) is 6.92 Å². The standard InChI is InChI=1S/C24H36O10/c1-2-3-4-5-6-7-8-9-10-11-14-12-15(25)13-16(17(14)22(29)30)33-24-20(28)18(26)19(27)21(34-24)23(31)32/h12-13,18-21,24-28H,2-11H2,1H3,(H,29,30)(H,31,32)/t18-,19-,20+,21+,24-/m0/s1. The highest BCUT2D eigenvalue weighted by atomic mass is 16.7. The van der Waals surface area contributed by atoms with Crippen molar-refractivity contribution in [1.82, 2.24) is 0 Å². The summed E-state index contributed by atoms with van der Waals surface area (Å²) in [5.41, 5.74) is 0.0757. The van der Waals surface area contributed by atoms with E-state index in [4.69, 9.17) is 9.47 Å². The van der Waals surface area contributed by atoms with Gasteiger partial charge in [-0.15, -0.1) is 0 Å². The summed E-state index contributed by atoms with van der Waals surface area (Å²) < 4.78 is 10.5. The molecule has 1 heterocycles. The Balaban J connectivity index is 2.06. The van der Waals surface area contributed by atoms with Crippen molar-refractivity contribution in [2.75, 3.05) is 0 Å². The van der Waals surface area contributed by atoms with E-state index in [0.717, 1.165) is 25.3 Å². The molecule has 0 radical (unpaired) electrons. The van der Waals surface area contributed by atoms with E-state index in [9.17, 15) is 40.2 Å². The zero-order chi connectivity index (χ0) is 25.3. The van der Waals surface area contributed by atoms with Crippen LogP contribution in [0.1, 0.15) is 80.6 Å². The summed E-state index contributed by atoms with van der Waals surface area (Å²) in [4.78, 5) is 23.3. The predicted molar refractivity (Wildman–Crippen MR) is 121 cm³/mol. The third-order valence-electron chi connectivity index (χ3n) is 5.99. The maximum absolute atomic E-state index is 12.0. The number of aromatic carboxylic acids is 1. The summed E-state index contributed by atoms with van der Waals surface area (Å²) in [5, 5.41) is 59.0. The SMILES string of the molecule is CCCCCCCCCCCc1cc(O)cc(O[C@H]2O[C@@H](C(=O)O)[C@@H](O)[C@H](O)[C@H]2O)c1C(=O)O. The molecule has 0 spiro atoms. The van der Waals surface area contributed by atoms with Crippen LogP contribution < -0.4 is 4.74 Å². The number of benzene rings is 1. The molecule has 6 N–H and O–H groups in total. The molecule has 10 nitrogen and oxygen atoms in total. The molecule has 192 valence electrons. The number of aliphatic hydroxyl groups excluding tert-OH is 3. The summed E-state index contributed by atoms with van der Waals surface area (Å²) in [6.45, 7) is 2.17. The average molecular weight is 485 g/mol. The fourth-order valence-corrected chi connectivity index (χ4v) is 4.09. The number of rotatable bonds is 14. The number of hydrogen-bond acceptors (Lipinski definition) is 8. The fraction of sp³-hybridized carbons (Fsp3) is 0.667. The van der Waals surface area contributed by atoms with Crippen molar-refractivity contribution in [3.8, 4) is 11.5 Å². The van der Waals surface area contributed by atoms with Crippen molar-refractivity contribution in [3.05, 3.63) is 23.3 Å². The molecule has 0 amide bonds. The number of unbranched alkanes of at least 4 members (excludes halogenated alkanes) is 8. The number of carboxylic acids is 2. The molecule has 2 rings (SSSR count). The molecule has 1 fully saturated rings. The maximum atomic E-state index is 12.0. The van der Waals surface area contributed by atoms with Gasteiger partial charge in [0.25, 0.3) is 0 Å². The molecule has 10 heteroatoms. The van der Waals surface area contributed by atoms with E-state index in [-0.39, 0.29) is 17.1 Å². The molecule has 0 unspecified atom stereocenters. The molecule has 0 saturated carbocycles. The minimum Gasteiger partial charge on any atom is -0.508 e. The van der Waals surface area contributed by atoms with Gasteiger partial charge in [-0.2, -0.15) is 0 Å². The van der Waals surface area contributed by atoms with Crippen molar-refractivity contribution in [2.45, 2.75) is 102 Å². The number of hydrogen-bond donors (Lipinski definition) is 6. The van der Waals surface area contributed by atoms with E-state index in [1.807, 2.05) is 0 Å². The number of aryl methyl sites for hydroxylation is 1. The van der Waals surface area contributed by atoms with Crippen LogP contribution in [0.5, 0.6) is 11.5 Å². The van der Waals surface area contributed by atoms with Gasteiger partial charge in [-0.3, -0.25) is 0 Å². The third kappa shape index (κ3) is 7.56. The number of carboxylic acid groups (broad SMARTS) is 2. The van der Waals surface area contributed by atoms with Crippen LogP contribution in [-0.2, 0) is 16.0 Å². The van der Waals surface area contributed by atoms with Crippen LogP contribution in [0.15, 0.2) is 12.1 Å². The van der Waals surface area contributed by atoms with E-state index in [0.29, 0.717) is 18.4 Å². The lowest BCUT2D eigenvalue weighted by Gasteiger charge is -2.38. The second kappa shape index (κ2) is 13.5. The summed E-state index contributed by atoms with van der Waals surface area (Å²) in [5.74, 6) is -3.53. The van der Waals surface area contributed by atoms with Gasteiger partial charge in [0.2, 0.25) is 6.29 Å². The number of carbonyl (C=O) groups is 2. The lowest BCUT2D eigenvalue weighted by atomic mass is 9.98. The van der Waals surface area contributed by atoms with E-state index < -0.39 is 42.6 Å². The van der Waals surface area contributed by atoms with Gasteiger partial charge in [0, 0.05) is 6.07 Å². The van der Waals surface area contributed by atoms with Crippen LogP contribution in [0.3, 0.4) is 0 Å². The Bertz CT molecular complexity index is 811. The highest BCUT2D eigenvalue weighted by Crippen LogP contribution is 2.33. The first-order valence-electron chi connectivity index (χ1n) is 11.9. The van der Waals surface area contributed by atoms with Gasteiger partial charge in [-0.25, -0.2) is 9.59 Å². The first-order valence-corrected chi connectivity index (χ1v) is 11.9. The quantitative estimate of drug-likeness (QED) is 0.215. The van der Waals surface area contributed by atoms with Crippen LogP contribution in [0.25, 0.3) is 0 Å². The smallest absolute Gasteiger partial charge is 0.339 e.